The molecule has 0 atom stereocenters. The lowest BCUT2D eigenvalue weighted by molar-refractivity contribution is -0.137. The van der Waals surface area contributed by atoms with E-state index in [1.54, 1.807) is 30.3 Å². The van der Waals surface area contributed by atoms with Crippen LogP contribution in [0.4, 0.5) is 24.5 Å². The monoisotopic (exact) mass is 552 g/mol. The van der Waals surface area contributed by atoms with Gasteiger partial charge in [-0.25, -0.2) is 8.42 Å². The number of amides is 1. The number of hydrogen-bond acceptors (Lipinski definition) is 4. The van der Waals surface area contributed by atoms with Crippen molar-refractivity contribution >= 4 is 38.9 Å². The van der Waals surface area contributed by atoms with Crippen LogP contribution in [0.3, 0.4) is 0 Å². The standard InChI is InChI=1S/C26H24ClF3N2O4S/c27-24-15-12-19(16-23(24)26(28,29)30)32(37(34,35)22-8-2-1-3-9-22)17-25(33)31-18-10-13-21(14-11-18)36-20-6-4-5-7-20/h1-3,8-16,20H,4-7,17H2,(H,31,33). The Morgan fingerprint density at radius 3 is 2.27 bits per heavy atom. The highest BCUT2D eigenvalue weighted by Crippen LogP contribution is 2.38. The van der Waals surface area contributed by atoms with Crippen molar-refractivity contribution in [2.24, 2.45) is 0 Å². The number of carbonyl (C=O) groups is 1. The molecular formula is C26H24ClF3N2O4S. The zero-order valence-corrected chi connectivity index (χ0v) is 21.1. The van der Waals surface area contributed by atoms with Gasteiger partial charge in [0.1, 0.15) is 12.3 Å². The molecule has 1 amide bonds. The van der Waals surface area contributed by atoms with Crippen molar-refractivity contribution in [3.63, 3.8) is 0 Å². The Kier molecular flexibility index (Phi) is 7.99. The highest BCUT2D eigenvalue weighted by atomic mass is 35.5. The number of sulfonamides is 1. The Morgan fingerprint density at radius 1 is 1.00 bits per heavy atom. The van der Waals surface area contributed by atoms with Crippen LogP contribution in [-0.4, -0.2) is 27.0 Å². The lowest BCUT2D eigenvalue weighted by atomic mass is 10.2. The third kappa shape index (κ3) is 6.56. The van der Waals surface area contributed by atoms with Crippen molar-refractivity contribution in [1.82, 2.24) is 0 Å². The van der Waals surface area contributed by atoms with Crippen LogP contribution >= 0.6 is 11.6 Å². The van der Waals surface area contributed by atoms with Gasteiger partial charge in [-0.05, 0) is 80.3 Å². The van der Waals surface area contributed by atoms with E-state index in [2.05, 4.69) is 5.32 Å². The SMILES string of the molecule is O=C(CN(c1ccc(Cl)c(C(F)(F)F)c1)S(=O)(=O)c1ccccc1)Nc1ccc(OC2CCCC2)cc1. The topological polar surface area (TPSA) is 75.7 Å². The number of ether oxygens (including phenoxy) is 1. The summed E-state index contributed by atoms with van der Waals surface area (Å²) in [5.41, 5.74) is -1.18. The number of anilines is 2. The lowest BCUT2D eigenvalue weighted by Gasteiger charge is -2.25. The molecule has 3 aromatic carbocycles. The molecule has 1 fully saturated rings. The maximum atomic E-state index is 13.5. The van der Waals surface area contributed by atoms with Crippen molar-refractivity contribution in [3.8, 4) is 5.75 Å². The number of nitrogens with one attached hydrogen (secondary N) is 1. The molecule has 196 valence electrons. The maximum absolute atomic E-state index is 13.5. The van der Waals surface area contributed by atoms with Gasteiger partial charge in [0.05, 0.1) is 27.3 Å². The fraction of sp³-hybridized carbons (Fsp3) is 0.269. The summed E-state index contributed by atoms with van der Waals surface area (Å²) in [7, 11) is -4.39. The normalized spacial score (nSPS) is 14.4. The van der Waals surface area contributed by atoms with E-state index in [1.165, 1.54) is 24.3 Å². The summed E-state index contributed by atoms with van der Waals surface area (Å²) in [5.74, 6) is -0.0912. The van der Waals surface area contributed by atoms with Gasteiger partial charge in [-0.15, -0.1) is 0 Å². The van der Waals surface area contributed by atoms with Gasteiger partial charge in [0.15, 0.2) is 0 Å². The van der Waals surface area contributed by atoms with Crippen LogP contribution in [0.25, 0.3) is 0 Å². The third-order valence-corrected chi connectivity index (χ3v) is 8.02. The smallest absolute Gasteiger partial charge is 0.417 e. The van der Waals surface area contributed by atoms with Gasteiger partial charge < -0.3 is 10.1 Å². The quantitative estimate of drug-likeness (QED) is 0.345. The second-order valence-electron chi connectivity index (χ2n) is 8.58. The summed E-state index contributed by atoms with van der Waals surface area (Å²) < 4.78 is 73.7. The van der Waals surface area contributed by atoms with Gasteiger partial charge >= 0.3 is 6.18 Å². The summed E-state index contributed by atoms with van der Waals surface area (Å²) in [6.45, 7) is -0.767. The summed E-state index contributed by atoms with van der Waals surface area (Å²) in [6, 6.07) is 16.5. The Morgan fingerprint density at radius 2 is 1.65 bits per heavy atom. The van der Waals surface area contributed by atoms with Gasteiger partial charge in [-0.2, -0.15) is 13.2 Å². The van der Waals surface area contributed by atoms with Crippen LogP contribution in [0.5, 0.6) is 5.75 Å². The Hall–Kier alpha value is -3.24. The van der Waals surface area contributed by atoms with Crippen LogP contribution in [0.1, 0.15) is 31.2 Å². The first-order valence-electron chi connectivity index (χ1n) is 11.5. The number of benzene rings is 3. The number of carbonyl (C=O) groups excluding carboxylic acids is 1. The molecule has 3 aromatic rings. The molecule has 0 heterocycles. The number of alkyl halides is 3. The zero-order chi connectivity index (χ0) is 26.6. The van der Waals surface area contributed by atoms with Crippen molar-refractivity contribution in [3.05, 3.63) is 83.4 Å². The molecule has 1 saturated carbocycles. The van der Waals surface area contributed by atoms with E-state index >= 15 is 0 Å². The molecule has 0 unspecified atom stereocenters. The van der Waals surface area contributed by atoms with Crippen LogP contribution < -0.4 is 14.4 Å². The number of halogens is 4. The highest BCUT2D eigenvalue weighted by molar-refractivity contribution is 7.92. The average Bonchev–Trinajstić information content (AvgIpc) is 3.37. The second-order valence-corrected chi connectivity index (χ2v) is 10.9. The van der Waals surface area contributed by atoms with Gasteiger partial charge in [0.2, 0.25) is 5.91 Å². The minimum absolute atomic E-state index is 0.165. The van der Waals surface area contributed by atoms with E-state index in [1.807, 2.05) is 0 Å². The molecule has 0 spiro atoms. The van der Waals surface area contributed by atoms with E-state index in [-0.39, 0.29) is 16.7 Å². The first kappa shape index (κ1) is 26.8. The van der Waals surface area contributed by atoms with Gasteiger partial charge in [-0.3, -0.25) is 9.10 Å². The molecule has 1 N–H and O–H groups in total. The molecule has 0 radical (unpaired) electrons. The molecule has 1 aliphatic rings. The molecule has 11 heteroatoms. The Balaban J connectivity index is 1.58. The summed E-state index contributed by atoms with van der Waals surface area (Å²) in [5, 5.41) is 2.01. The molecule has 0 bridgehead atoms. The largest absolute Gasteiger partial charge is 0.490 e. The van der Waals surface area contributed by atoms with E-state index in [4.69, 9.17) is 16.3 Å². The fourth-order valence-corrected chi connectivity index (χ4v) is 5.73. The molecule has 0 saturated heterocycles. The van der Waals surface area contributed by atoms with E-state index in [9.17, 15) is 26.4 Å². The molecule has 0 aromatic heterocycles. The summed E-state index contributed by atoms with van der Waals surface area (Å²) in [6.07, 6.45) is -0.424. The van der Waals surface area contributed by atoms with Crippen molar-refractivity contribution in [1.29, 1.82) is 0 Å². The van der Waals surface area contributed by atoms with E-state index < -0.39 is 39.2 Å². The number of rotatable bonds is 8. The Labute approximate surface area is 218 Å². The molecular weight excluding hydrogens is 529 g/mol. The predicted molar refractivity (Wildman–Crippen MR) is 135 cm³/mol. The van der Waals surface area contributed by atoms with Crippen LogP contribution in [0.15, 0.2) is 77.7 Å². The van der Waals surface area contributed by atoms with Gasteiger partial charge in [0.25, 0.3) is 10.0 Å². The van der Waals surface area contributed by atoms with Crippen LogP contribution in [0.2, 0.25) is 5.02 Å². The molecule has 37 heavy (non-hydrogen) atoms. The average molecular weight is 553 g/mol. The van der Waals surface area contributed by atoms with Gasteiger partial charge in [-0.1, -0.05) is 29.8 Å². The predicted octanol–water partition coefficient (Wildman–Crippen LogP) is 6.51. The third-order valence-electron chi connectivity index (χ3n) is 5.90. The number of hydrogen-bond donors (Lipinski definition) is 1. The van der Waals surface area contributed by atoms with E-state index in [0.717, 1.165) is 37.8 Å². The summed E-state index contributed by atoms with van der Waals surface area (Å²) in [4.78, 5) is 12.7. The minimum atomic E-state index is -4.82. The molecule has 4 rings (SSSR count). The maximum Gasteiger partial charge on any atom is 0.417 e. The fourth-order valence-electron chi connectivity index (χ4n) is 4.07. The minimum Gasteiger partial charge on any atom is -0.490 e. The summed E-state index contributed by atoms with van der Waals surface area (Å²) >= 11 is 5.72. The van der Waals surface area contributed by atoms with Crippen LogP contribution in [-0.2, 0) is 21.0 Å². The van der Waals surface area contributed by atoms with Crippen molar-refractivity contribution in [2.75, 3.05) is 16.2 Å². The second kappa shape index (κ2) is 11.0. The highest BCUT2D eigenvalue weighted by Gasteiger charge is 2.35. The molecule has 1 aliphatic carbocycles. The van der Waals surface area contributed by atoms with E-state index in [0.29, 0.717) is 21.8 Å². The molecule has 6 nitrogen and oxygen atoms in total. The number of nitrogens with zero attached hydrogens (tertiary/aromatic N) is 1. The Bertz CT molecular complexity index is 1340. The molecule has 0 aliphatic heterocycles. The first-order chi connectivity index (χ1) is 17.5. The van der Waals surface area contributed by atoms with Crippen molar-refractivity contribution in [2.45, 2.75) is 42.9 Å². The van der Waals surface area contributed by atoms with Crippen molar-refractivity contribution < 1.29 is 31.1 Å². The zero-order valence-electron chi connectivity index (χ0n) is 19.5. The first-order valence-corrected chi connectivity index (χ1v) is 13.4. The van der Waals surface area contributed by atoms with Crippen LogP contribution in [0, 0.1) is 0 Å². The lowest BCUT2D eigenvalue weighted by Crippen LogP contribution is -2.38. The van der Waals surface area contributed by atoms with Gasteiger partial charge in [0, 0.05) is 5.69 Å².